The van der Waals surface area contributed by atoms with E-state index in [2.05, 4.69) is 62.7 Å². The zero-order chi connectivity index (χ0) is 14.6. The molecule has 1 N–H and O–H groups in total. The van der Waals surface area contributed by atoms with Gasteiger partial charge >= 0.3 is 0 Å². The summed E-state index contributed by atoms with van der Waals surface area (Å²) in [5, 5.41) is 7.26. The Bertz CT molecular complexity index is 547. The smallest absolute Gasteiger partial charge is 0.0781 e. The minimum absolute atomic E-state index is 0.159. The normalized spacial score (nSPS) is 13.8. The zero-order valence-corrected chi connectivity index (χ0v) is 13.7. The van der Waals surface area contributed by atoms with E-state index >= 15 is 0 Å². The molecule has 0 radical (unpaired) electrons. The summed E-state index contributed by atoms with van der Waals surface area (Å²) in [7, 11) is 0. The fraction of sp³-hybridized carbons (Fsp3) is 0.529. The molecule has 0 fully saturated rings. The Hall–Kier alpha value is -0.900. The molecule has 0 bridgehead atoms. The van der Waals surface area contributed by atoms with Gasteiger partial charge in [0, 0.05) is 17.3 Å². The highest BCUT2D eigenvalue weighted by Crippen LogP contribution is 2.28. The average Bonchev–Trinajstić information content (AvgIpc) is 2.82. The summed E-state index contributed by atoms with van der Waals surface area (Å²) in [6.45, 7) is 10.3. The number of benzene rings is 1. The second kappa shape index (κ2) is 6.70. The molecule has 1 aromatic carbocycles. The van der Waals surface area contributed by atoms with Crippen LogP contribution in [0.25, 0.3) is 10.1 Å². The van der Waals surface area contributed by atoms with Crippen LogP contribution in [0, 0.1) is 0 Å². The molecule has 3 heteroatoms. The number of rotatable bonds is 7. The van der Waals surface area contributed by atoms with Crippen LogP contribution >= 0.6 is 11.3 Å². The van der Waals surface area contributed by atoms with Gasteiger partial charge in [-0.1, -0.05) is 25.1 Å². The van der Waals surface area contributed by atoms with Gasteiger partial charge in [-0.25, -0.2) is 0 Å². The lowest BCUT2D eigenvalue weighted by molar-refractivity contribution is -0.0376. The summed E-state index contributed by atoms with van der Waals surface area (Å²) >= 11 is 1.83. The van der Waals surface area contributed by atoms with E-state index in [1.165, 1.54) is 15.6 Å². The van der Waals surface area contributed by atoms with Gasteiger partial charge in [0.15, 0.2) is 0 Å². The summed E-state index contributed by atoms with van der Waals surface area (Å²) in [4.78, 5) is 0. The summed E-state index contributed by atoms with van der Waals surface area (Å²) in [6.07, 6.45) is 1.00. The van der Waals surface area contributed by atoms with Gasteiger partial charge < -0.3 is 10.1 Å². The molecule has 110 valence electrons. The standard InChI is InChI=1S/C17H25NOS/c1-5-18-16(17(3,4)19-6-2)11-13-12-20-15-10-8-7-9-14(13)15/h7-10,12,16,18H,5-6,11H2,1-4H3. The fourth-order valence-electron chi connectivity index (χ4n) is 2.69. The van der Waals surface area contributed by atoms with Crippen LogP contribution in [0.15, 0.2) is 29.6 Å². The van der Waals surface area contributed by atoms with Crippen LogP contribution < -0.4 is 5.32 Å². The number of nitrogens with one attached hydrogen (secondary N) is 1. The summed E-state index contributed by atoms with van der Waals surface area (Å²) in [5.74, 6) is 0. The van der Waals surface area contributed by atoms with Gasteiger partial charge in [0.25, 0.3) is 0 Å². The highest BCUT2D eigenvalue weighted by molar-refractivity contribution is 7.17. The zero-order valence-electron chi connectivity index (χ0n) is 12.9. The van der Waals surface area contributed by atoms with Crippen molar-refractivity contribution in [3.8, 4) is 0 Å². The van der Waals surface area contributed by atoms with E-state index in [0.29, 0.717) is 6.04 Å². The topological polar surface area (TPSA) is 21.3 Å². The maximum atomic E-state index is 5.95. The molecule has 0 aliphatic carbocycles. The minimum atomic E-state index is -0.159. The van der Waals surface area contributed by atoms with E-state index in [1.54, 1.807) is 0 Å². The first-order chi connectivity index (χ1) is 9.58. The van der Waals surface area contributed by atoms with Crippen LogP contribution in [-0.2, 0) is 11.2 Å². The van der Waals surface area contributed by atoms with Crippen LogP contribution in [0.5, 0.6) is 0 Å². The Kier molecular flexibility index (Phi) is 5.19. The molecule has 0 amide bonds. The number of thiophene rings is 1. The van der Waals surface area contributed by atoms with Crippen LogP contribution in [0.1, 0.15) is 33.3 Å². The largest absolute Gasteiger partial charge is 0.374 e. The SMILES string of the molecule is CCNC(Cc1csc2ccccc12)C(C)(C)OCC. The first kappa shape index (κ1) is 15.5. The first-order valence-electron chi connectivity index (χ1n) is 7.41. The van der Waals surface area contributed by atoms with Gasteiger partial charge in [-0.05, 0) is 56.1 Å². The summed E-state index contributed by atoms with van der Waals surface area (Å²) < 4.78 is 7.31. The van der Waals surface area contributed by atoms with Crippen molar-refractivity contribution in [3.05, 3.63) is 35.2 Å². The van der Waals surface area contributed by atoms with Crippen LogP contribution in [0.4, 0.5) is 0 Å². The van der Waals surface area contributed by atoms with E-state index in [1.807, 2.05) is 11.3 Å². The lowest BCUT2D eigenvalue weighted by atomic mass is 9.92. The molecule has 1 atom stereocenters. The lowest BCUT2D eigenvalue weighted by Crippen LogP contribution is -2.50. The molecule has 2 nitrogen and oxygen atoms in total. The molecule has 1 unspecified atom stereocenters. The predicted octanol–water partition coefficient (Wildman–Crippen LogP) is 4.24. The number of ether oxygens (including phenoxy) is 1. The molecule has 1 heterocycles. The highest BCUT2D eigenvalue weighted by Gasteiger charge is 2.30. The fourth-order valence-corrected chi connectivity index (χ4v) is 3.67. The monoisotopic (exact) mass is 291 g/mol. The molecule has 20 heavy (non-hydrogen) atoms. The van der Waals surface area contributed by atoms with Crippen molar-refractivity contribution in [2.24, 2.45) is 0 Å². The lowest BCUT2D eigenvalue weighted by Gasteiger charge is -2.35. The molecular weight excluding hydrogens is 266 g/mol. The highest BCUT2D eigenvalue weighted by atomic mass is 32.1. The number of hydrogen-bond acceptors (Lipinski definition) is 3. The second-order valence-corrected chi connectivity index (χ2v) is 6.52. The Morgan fingerprint density at radius 2 is 2.00 bits per heavy atom. The number of fused-ring (bicyclic) bond motifs is 1. The molecule has 0 saturated carbocycles. The van der Waals surface area contributed by atoms with Crippen molar-refractivity contribution in [1.82, 2.24) is 5.32 Å². The van der Waals surface area contributed by atoms with E-state index in [4.69, 9.17) is 4.74 Å². The third kappa shape index (κ3) is 3.40. The summed E-state index contributed by atoms with van der Waals surface area (Å²) in [6, 6.07) is 8.96. The van der Waals surface area contributed by atoms with Crippen molar-refractivity contribution in [3.63, 3.8) is 0 Å². The quantitative estimate of drug-likeness (QED) is 0.824. The summed E-state index contributed by atoms with van der Waals surface area (Å²) in [5.41, 5.74) is 1.26. The molecule has 0 aliphatic heterocycles. The van der Waals surface area contributed by atoms with E-state index in [-0.39, 0.29) is 5.60 Å². The van der Waals surface area contributed by atoms with Crippen LogP contribution in [0.3, 0.4) is 0 Å². The van der Waals surface area contributed by atoms with Gasteiger partial charge in [0.2, 0.25) is 0 Å². The second-order valence-electron chi connectivity index (χ2n) is 5.61. The number of hydrogen-bond donors (Lipinski definition) is 1. The van der Waals surface area contributed by atoms with Gasteiger partial charge in [0.05, 0.1) is 5.60 Å². The van der Waals surface area contributed by atoms with E-state index < -0.39 is 0 Å². The predicted molar refractivity (Wildman–Crippen MR) is 88.7 cm³/mol. The maximum Gasteiger partial charge on any atom is 0.0781 e. The Morgan fingerprint density at radius 3 is 2.70 bits per heavy atom. The van der Waals surface area contributed by atoms with Crippen molar-refractivity contribution in [1.29, 1.82) is 0 Å². The molecule has 2 rings (SSSR count). The van der Waals surface area contributed by atoms with Crippen molar-refractivity contribution >= 4 is 21.4 Å². The number of likely N-dealkylation sites (N-methyl/N-ethyl adjacent to an activating group) is 1. The first-order valence-corrected chi connectivity index (χ1v) is 8.29. The van der Waals surface area contributed by atoms with E-state index in [9.17, 15) is 0 Å². The van der Waals surface area contributed by atoms with Crippen molar-refractivity contribution in [2.75, 3.05) is 13.2 Å². The molecule has 1 aromatic heterocycles. The Balaban J connectivity index is 2.23. The molecule has 0 saturated heterocycles. The third-order valence-corrected chi connectivity index (χ3v) is 4.80. The molecule has 0 spiro atoms. The van der Waals surface area contributed by atoms with Gasteiger partial charge in [0.1, 0.15) is 0 Å². The Morgan fingerprint density at radius 1 is 1.25 bits per heavy atom. The van der Waals surface area contributed by atoms with Gasteiger partial charge in [-0.3, -0.25) is 0 Å². The maximum absolute atomic E-state index is 5.95. The molecule has 0 aliphatic rings. The molecular formula is C17H25NOS. The van der Waals surface area contributed by atoms with Crippen LogP contribution in [0.2, 0.25) is 0 Å². The average molecular weight is 291 g/mol. The van der Waals surface area contributed by atoms with Crippen molar-refractivity contribution in [2.45, 2.75) is 45.8 Å². The van der Waals surface area contributed by atoms with E-state index in [0.717, 1.165) is 19.6 Å². The molecule has 2 aromatic rings. The Labute approximate surface area is 126 Å². The van der Waals surface area contributed by atoms with Gasteiger partial charge in [-0.2, -0.15) is 0 Å². The van der Waals surface area contributed by atoms with Gasteiger partial charge in [-0.15, -0.1) is 11.3 Å². The third-order valence-electron chi connectivity index (χ3n) is 3.79. The minimum Gasteiger partial charge on any atom is -0.374 e. The van der Waals surface area contributed by atoms with Crippen LogP contribution in [-0.4, -0.2) is 24.8 Å². The van der Waals surface area contributed by atoms with Crippen molar-refractivity contribution < 1.29 is 4.74 Å².